The molecular weight excluding hydrogens is 374 g/mol. The highest BCUT2D eigenvalue weighted by atomic mass is 32.1. The fraction of sp³-hybridized carbons (Fsp3) is 0.450. The quantitative estimate of drug-likeness (QED) is 0.614. The van der Waals surface area contributed by atoms with Crippen LogP contribution in [-0.4, -0.2) is 40.3 Å². The van der Waals surface area contributed by atoms with Crippen molar-refractivity contribution in [3.05, 3.63) is 52.0 Å². The smallest absolute Gasteiger partial charge is 0.243 e. The first-order chi connectivity index (χ1) is 13.6. The molecule has 1 aliphatic rings. The van der Waals surface area contributed by atoms with Crippen LogP contribution in [0.3, 0.4) is 0 Å². The van der Waals surface area contributed by atoms with Crippen molar-refractivity contribution in [3.8, 4) is 0 Å². The molecule has 150 valence electrons. The maximum atomic E-state index is 12.8. The Morgan fingerprint density at radius 2 is 2.11 bits per heavy atom. The van der Waals surface area contributed by atoms with Crippen molar-refractivity contribution >= 4 is 23.2 Å². The van der Waals surface area contributed by atoms with Crippen LogP contribution in [0.25, 0.3) is 0 Å². The molecule has 3 rings (SSSR count). The van der Waals surface area contributed by atoms with Gasteiger partial charge in [0, 0.05) is 24.2 Å². The summed E-state index contributed by atoms with van der Waals surface area (Å²) in [7, 11) is 0. The SMILES string of the molecule is NCc1cnc(CNC(=O)C2CCCN2C(=O)C(N)CCc2ccccc2)s1. The first-order valence-corrected chi connectivity index (χ1v) is 10.4. The molecule has 2 aromatic rings. The number of aryl methyl sites for hydroxylation is 1. The molecule has 2 heterocycles. The molecule has 0 bridgehead atoms. The summed E-state index contributed by atoms with van der Waals surface area (Å²) in [6.45, 7) is 1.37. The van der Waals surface area contributed by atoms with Gasteiger partial charge in [0.05, 0.1) is 12.6 Å². The summed E-state index contributed by atoms with van der Waals surface area (Å²) in [5.74, 6) is -0.293. The van der Waals surface area contributed by atoms with Crippen LogP contribution in [0.1, 0.15) is 34.7 Å². The number of likely N-dealkylation sites (tertiary alicyclic amines) is 1. The molecule has 0 radical (unpaired) electrons. The lowest BCUT2D eigenvalue weighted by atomic mass is 10.0. The summed E-state index contributed by atoms with van der Waals surface area (Å²) in [6, 6.07) is 8.91. The van der Waals surface area contributed by atoms with Crippen molar-refractivity contribution in [2.45, 2.75) is 50.9 Å². The molecule has 1 aromatic heterocycles. The second kappa shape index (κ2) is 9.77. The number of benzene rings is 1. The average molecular weight is 402 g/mol. The topological polar surface area (TPSA) is 114 Å². The van der Waals surface area contributed by atoms with Crippen LogP contribution >= 0.6 is 11.3 Å². The van der Waals surface area contributed by atoms with E-state index < -0.39 is 12.1 Å². The number of carbonyl (C=O) groups excluding carboxylic acids is 2. The van der Waals surface area contributed by atoms with E-state index in [-0.39, 0.29) is 11.8 Å². The van der Waals surface area contributed by atoms with Crippen molar-refractivity contribution in [3.63, 3.8) is 0 Å². The number of rotatable bonds is 8. The van der Waals surface area contributed by atoms with Gasteiger partial charge >= 0.3 is 0 Å². The van der Waals surface area contributed by atoms with Crippen molar-refractivity contribution in [2.24, 2.45) is 11.5 Å². The zero-order chi connectivity index (χ0) is 19.9. The number of hydrogen-bond acceptors (Lipinski definition) is 6. The van der Waals surface area contributed by atoms with Gasteiger partial charge in [0.2, 0.25) is 11.8 Å². The minimum Gasteiger partial charge on any atom is -0.348 e. The lowest BCUT2D eigenvalue weighted by Gasteiger charge is -2.26. The van der Waals surface area contributed by atoms with Gasteiger partial charge in [0.25, 0.3) is 0 Å². The monoisotopic (exact) mass is 401 g/mol. The lowest BCUT2D eigenvalue weighted by Crippen LogP contribution is -2.51. The van der Waals surface area contributed by atoms with Gasteiger partial charge in [-0.2, -0.15) is 0 Å². The molecule has 28 heavy (non-hydrogen) atoms. The van der Waals surface area contributed by atoms with Crippen molar-refractivity contribution in [2.75, 3.05) is 6.54 Å². The molecule has 1 fully saturated rings. The lowest BCUT2D eigenvalue weighted by molar-refractivity contribution is -0.139. The highest BCUT2D eigenvalue weighted by molar-refractivity contribution is 7.11. The van der Waals surface area contributed by atoms with Crippen LogP contribution in [0.5, 0.6) is 0 Å². The van der Waals surface area contributed by atoms with Gasteiger partial charge in [-0.15, -0.1) is 11.3 Å². The molecule has 1 saturated heterocycles. The highest BCUT2D eigenvalue weighted by Gasteiger charge is 2.35. The van der Waals surface area contributed by atoms with Gasteiger partial charge in [0.1, 0.15) is 11.0 Å². The first-order valence-electron chi connectivity index (χ1n) is 9.60. The summed E-state index contributed by atoms with van der Waals surface area (Å²) in [6.07, 6.45) is 4.50. The first kappa shape index (κ1) is 20.4. The Morgan fingerprint density at radius 1 is 1.32 bits per heavy atom. The fourth-order valence-corrected chi connectivity index (χ4v) is 4.15. The van der Waals surface area contributed by atoms with Crippen molar-refractivity contribution in [1.82, 2.24) is 15.2 Å². The molecule has 2 unspecified atom stereocenters. The highest BCUT2D eigenvalue weighted by Crippen LogP contribution is 2.20. The van der Waals surface area contributed by atoms with Crippen LogP contribution in [0.15, 0.2) is 36.5 Å². The molecule has 2 amide bonds. The zero-order valence-corrected chi connectivity index (χ0v) is 16.7. The molecule has 0 aliphatic carbocycles. The van der Waals surface area contributed by atoms with E-state index in [4.69, 9.17) is 11.5 Å². The van der Waals surface area contributed by atoms with Crippen LogP contribution in [0.2, 0.25) is 0 Å². The summed E-state index contributed by atoms with van der Waals surface area (Å²) in [5.41, 5.74) is 12.9. The van der Waals surface area contributed by atoms with Gasteiger partial charge < -0.3 is 21.7 Å². The van der Waals surface area contributed by atoms with E-state index >= 15 is 0 Å². The third-order valence-electron chi connectivity index (χ3n) is 4.96. The van der Waals surface area contributed by atoms with E-state index in [0.29, 0.717) is 32.5 Å². The summed E-state index contributed by atoms with van der Waals surface area (Å²) >= 11 is 1.48. The standard InChI is InChI=1S/C20H27N5O2S/c21-11-15-12-23-18(28-15)13-24-19(26)17-7-4-10-25(17)20(27)16(22)9-8-14-5-2-1-3-6-14/h1-3,5-6,12,16-17H,4,7-11,13,21-22H2,(H,24,26). The second-order valence-electron chi connectivity index (χ2n) is 6.96. The third kappa shape index (κ3) is 5.15. The Labute approximate surface area is 169 Å². The molecule has 7 nitrogen and oxygen atoms in total. The van der Waals surface area contributed by atoms with E-state index in [2.05, 4.69) is 10.3 Å². The van der Waals surface area contributed by atoms with E-state index in [1.165, 1.54) is 11.3 Å². The molecule has 1 aromatic carbocycles. The number of nitrogens with two attached hydrogens (primary N) is 2. The molecular formula is C20H27N5O2S. The maximum Gasteiger partial charge on any atom is 0.243 e. The number of thiazole rings is 1. The Bertz CT molecular complexity index is 795. The number of hydrogen-bond donors (Lipinski definition) is 3. The number of nitrogens with one attached hydrogen (secondary N) is 1. The normalized spacial score (nSPS) is 17.5. The molecule has 5 N–H and O–H groups in total. The number of amides is 2. The van der Waals surface area contributed by atoms with Crippen LogP contribution in [0, 0.1) is 0 Å². The predicted molar refractivity (Wildman–Crippen MR) is 109 cm³/mol. The Hall–Kier alpha value is -2.29. The van der Waals surface area contributed by atoms with Gasteiger partial charge in [-0.3, -0.25) is 9.59 Å². The second-order valence-corrected chi connectivity index (χ2v) is 8.16. The van der Waals surface area contributed by atoms with Gasteiger partial charge in [0.15, 0.2) is 0 Å². The van der Waals surface area contributed by atoms with E-state index in [9.17, 15) is 9.59 Å². The summed E-state index contributed by atoms with van der Waals surface area (Å²) in [4.78, 5) is 32.3. The largest absolute Gasteiger partial charge is 0.348 e. The molecule has 2 atom stereocenters. The Balaban J connectivity index is 1.52. The fourth-order valence-electron chi connectivity index (χ4n) is 3.41. The molecule has 1 aliphatic heterocycles. The molecule has 8 heteroatoms. The summed E-state index contributed by atoms with van der Waals surface area (Å²) < 4.78 is 0. The number of nitrogens with zero attached hydrogens (tertiary/aromatic N) is 2. The van der Waals surface area contributed by atoms with Gasteiger partial charge in [-0.05, 0) is 31.2 Å². The van der Waals surface area contributed by atoms with Crippen LogP contribution in [0.4, 0.5) is 0 Å². The zero-order valence-electron chi connectivity index (χ0n) is 15.8. The van der Waals surface area contributed by atoms with Gasteiger partial charge in [-0.25, -0.2) is 4.98 Å². The summed E-state index contributed by atoms with van der Waals surface area (Å²) in [5, 5.41) is 3.70. The number of aromatic nitrogens is 1. The van der Waals surface area contributed by atoms with Crippen LogP contribution < -0.4 is 16.8 Å². The maximum absolute atomic E-state index is 12.8. The average Bonchev–Trinajstić information content (AvgIpc) is 3.39. The Morgan fingerprint density at radius 3 is 2.82 bits per heavy atom. The van der Waals surface area contributed by atoms with Gasteiger partial charge in [-0.1, -0.05) is 30.3 Å². The minimum atomic E-state index is -0.598. The molecule has 0 saturated carbocycles. The molecule has 0 spiro atoms. The predicted octanol–water partition coefficient (Wildman–Crippen LogP) is 1.17. The van der Waals surface area contributed by atoms with E-state index in [1.807, 2.05) is 30.3 Å². The third-order valence-corrected chi connectivity index (χ3v) is 5.98. The van der Waals surface area contributed by atoms with Crippen LogP contribution in [-0.2, 0) is 29.1 Å². The van der Waals surface area contributed by atoms with E-state index in [1.54, 1.807) is 11.1 Å². The minimum absolute atomic E-state index is 0.145. The van der Waals surface area contributed by atoms with Crippen molar-refractivity contribution in [1.29, 1.82) is 0 Å². The Kier molecular flexibility index (Phi) is 7.13. The van der Waals surface area contributed by atoms with Crippen molar-refractivity contribution < 1.29 is 9.59 Å². The number of carbonyl (C=O) groups is 2. The van der Waals surface area contributed by atoms with E-state index in [0.717, 1.165) is 28.3 Å².